The van der Waals surface area contributed by atoms with Crippen LogP contribution in [0.2, 0.25) is 0 Å². The van der Waals surface area contributed by atoms with Gasteiger partial charge in [0.25, 0.3) is 0 Å². The van der Waals surface area contributed by atoms with E-state index in [0.29, 0.717) is 0 Å². The first kappa shape index (κ1) is 13.2. The highest BCUT2D eigenvalue weighted by atomic mass is 79.9. The number of halogens is 1. The zero-order valence-corrected chi connectivity index (χ0v) is 13.2. The molecule has 0 aliphatic heterocycles. The number of nitrogens with zero attached hydrogens (tertiary/aromatic N) is 2. The average molecular weight is 331 g/mol. The first-order valence-electron chi connectivity index (χ1n) is 6.38. The minimum absolute atomic E-state index is 0.842. The molecule has 3 nitrogen and oxygen atoms in total. The Hall–Kier alpha value is -1.81. The summed E-state index contributed by atoms with van der Waals surface area (Å²) in [6.07, 6.45) is 4.06. The molecule has 0 amide bonds. The van der Waals surface area contributed by atoms with Gasteiger partial charge in [-0.25, -0.2) is 4.98 Å². The third-order valence-corrected chi connectivity index (χ3v) is 4.20. The molecule has 1 aromatic carbocycles. The van der Waals surface area contributed by atoms with E-state index in [1.165, 1.54) is 11.1 Å². The summed E-state index contributed by atoms with van der Waals surface area (Å²) in [5.74, 6) is 0.842. The number of hydrogen-bond acceptors (Lipinski definition) is 2. The Morgan fingerprint density at radius 2 is 1.95 bits per heavy atom. The first-order chi connectivity index (χ1) is 9.58. The van der Waals surface area contributed by atoms with Crippen molar-refractivity contribution in [2.75, 3.05) is 7.11 Å². The number of hydrogen-bond donors (Lipinski definition) is 0. The smallest absolute Gasteiger partial charge is 0.137 e. The lowest BCUT2D eigenvalue weighted by molar-refractivity contribution is 0.416. The Balaban J connectivity index is 2.22. The van der Waals surface area contributed by atoms with Crippen LogP contribution in [0.1, 0.15) is 11.1 Å². The summed E-state index contributed by atoms with van der Waals surface area (Å²) < 4.78 is 8.54. The maximum absolute atomic E-state index is 5.44. The van der Waals surface area contributed by atoms with Crippen LogP contribution >= 0.6 is 15.9 Å². The number of imidazole rings is 1. The summed E-state index contributed by atoms with van der Waals surface area (Å²) in [5, 5.41) is 0. The Bertz CT molecular complexity index is 754. The molecule has 0 unspecified atom stereocenters. The summed E-state index contributed by atoms with van der Waals surface area (Å²) in [6.45, 7) is 4.13. The fourth-order valence-corrected chi connectivity index (χ4v) is 2.59. The van der Waals surface area contributed by atoms with Gasteiger partial charge in [0.15, 0.2) is 0 Å². The molecule has 102 valence electrons. The van der Waals surface area contributed by atoms with Crippen LogP contribution in [-0.4, -0.2) is 16.5 Å². The average Bonchev–Trinajstić information content (AvgIpc) is 2.82. The molecule has 0 radical (unpaired) electrons. The fourth-order valence-electron chi connectivity index (χ4n) is 2.26. The highest BCUT2D eigenvalue weighted by molar-refractivity contribution is 9.10. The Kier molecular flexibility index (Phi) is 3.26. The van der Waals surface area contributed by atoms with E-state index in [-0.39, 0.29) is 0 Å². The van der Waals surface area contributed by atoms with Crippen LogP contribution in [0, 0.1) is 13.8 Å². The lowest BCUT2D eigenvalue weighted by Gasteiger charge is -2.06. The minimum Gasteiger partial charge on any atom is -0.496 e. The van der Waals surface area contributed by atoms with Crippen molar-refractivity contribution in [2.24, 2.45) is 0 Å². The maximum atomic E-state index is 5.44. The number of rotatable bonds is 2. The zero-order valence-electron chi connectivity index (χ0n) is 11.6. The predicted octanol–water partition coefficient (Wildman–Crippen LogP) is 4.39. The van der Waals surface area contributed by atoms with Crippen molar-refractivity contribution in [3.8, 4) is 17.0 Å². The fraction of sp³-hybridized carbons (Fsp3) is 0.188. The maximum Gasteiger partial charge on any atom is 0.137 e. The summed E-state index contributed by atoms with van der Waals surface area (Å²) >= 11 is 3.55. The third kappa shape index (κ3) is 2.20. The molecule has 20 heavy (non-hydrogen) atoms. The SMILES string of the molecule is COc1ccc(C)cc1-c1cn2cc(Br)c(C)cc2n1. The second kappa shape index (κ2) is 4.94. The predicted molar refractivity (Wildman–Crippen MR) is 84.4 cm³/mol. The first-order valence-corrected chi connectivity index (χ1v) is 7.17. The number of pyridine rings is 1. The Morgan fingerprint density at radius 3 is 2.70 bits per heavy atom. The second-order valence-electron chi connectivity index (χ2n) is 4.90. The van der Waals surface area contributed by atoms with Gasteiger partial charge in [0.1, 0.15) is 11.4 Å². The van der Waals surface area contributed by atoms with E-state index in [1.54, 1.807) is 7.11 Å². The van der Waals surface area contributed by atoms with Gasteiger partial charge in [-0.3, -0.25) is 0 Å². The minimum atomic E-state index is 0.842. The number of fused-ring (bicyclic) bond motifs is 1. The lowest BCUT2D eigenvalue weighted by atomic mass is 10.1. The van der Waals surface area contributed by atoms with Gasteiger partial charge in [-0.2, -0.15) is 0 Å². The van der Waals surface area contributed by atoms with Crippen molar-refractivity contribution in [2.45, 2.75) is 13.8 Å². The zero-order chi connectivity index (χ0) is 14.3. The molecule has 0 aliphatic carbocycles. The van der Waals surface area contributed by atoms with Crippen LogP contribution in [0.4, 0.5) is 0 Å². The molecule has 2 heterocycles. The van der Waals surface area contributed by atoms with E-state index in [1.807, 2.05) is 28.9 Å². The van der Waals surface area contributed by atoms with Gasteiger partial charge >= 0.3 is 0 Å². The number of aryl methyl sites for hydroxylation is 2. The van der Waals surface area contributed by atoms with Gasteiger partial charge in [0.05, 0.1) is 12.8 Å². The summed E-state index contributed by atoms with van der Waals surface area (Å²) in [5.41, 5.74) is 5.23. The standard InChI is InChI=1S/C16H15BrN2O/c1-10-4-5-15(20-3)12(6-10)14-9-19-8-13(17)11(2)7-16(19)18-14/h4-9H,1-3H3. The van der Waals surface area contributed by atoms with E-state index < -0.39 is 0 Å². The molecule has 0 saturated heterocycles. The van der Waals surface area contributed by atoms with Crippen LogP contribution in [0.15, 0.2) is 41.1 Å². The van der Waals surface area contributed by atoms with Crippen molar-refractivity contribution < 1.29 is 4.74 Å². The number of benzene rings is 1. The van der Waals surface area contributed by atoms with E-state index in [2.05, 4.69) is 41.9 Å². The van der Waals surface area contributed by atoms with Gasteiger partial charge in [0.2, 0.25) is 0 Å². The van der Waals surface area contributed by atoms with Crippen molar-refractivity contribution in [3.63, 3.8) is 0 Å². The largest absolute Gasteiger partial charge is 0.496 e. The molecular formula is C16H15BrN2O. The highest BCUT2D eigenvalue weighted by Gasteiger charge is 2.11. The van der Waals surface area contributed by atoms with Gasteiger partial charge in [-0.1, -0.05) is 11.6 Å². The Labute approximate surface area is 126 Å². The molecule has 4 heteroatoms. The molecule has 0 fully saturated rings. The van der Waals surface area contributed by atoms with Gasteiger partial charge < -0.3 is 9.14 Å². The summed E-state index contributed by atoms with van der Waals surface area (Å²) in [7, 11) is 1.69. The van der Waals surface area contributed by atoms with Crippen molar-refractivity contribution in [1.82, 2.24) is 9.38 Å². The van der Waals surface area contributed by atoms with Gasteiger partial charge in [0, 0.05) is 22.4 Å². The Morgan fingerprint density at radius 1 is 1.15 bits per heavy atom. The van der Waals surface area contributed by atoms with E-state index >= 15 is 0 Å². The molecule has 3 aromatic rings. The van der Waals surface area contributed by atoms with Gasteiger partial charge in [-0.15, -0.1) is 0 Å². The van der Waals surface area contributed by atoms with E-state index in [0.717, 1.165) is 27.1 Å². The second-order valence-corrected chi connectivity index (χ2v) is 5.75. The quantitative estimate of drug-likeness (QED) is 0.696. The van der Waals surface area contributed by atoms with Crippen LogP contribution in [-0.2, 0) is 0 Å². The van der Waals surface area contributed by atoms with E-state index in [9.17, 15) is 0 Å². The topological polar surface area (TPSA) is 26.5 Å². The molecule has 0 N–H and O–H groups in total. The van der Waals surface area contributed by atoms with Crippen LogP contribution in [0.5, 0.6) is 5.75 Å². The summed E-state index contributed by atoms with van der Waals surface area (Å²) in [6, 6.07) is 8.19. The van der Waals surface area contributed by atoms with Crippen molar-refractivity contribution in [1.29, 1.82) is 0 Å². The van der Waals surface area contributed by atoms with Gasteiger partial charge in [-0.05, 0) is 53.5 Å². The monoisotopic (exact) mass is 330 g/mol. The number of aromatic nitrogens is 2. The lowest BCUT2D eigenvalue weighted by Crippen LogP contribution is -1.88. The normalized spacial score (nSPS) is 11.0. The molecule has 3 rings (SSSR count). The highest BCUT2D eigenvalue weighted by Crippen LogP contribution is 2.31. The molecule has 0 saturated carbocycles. The van der Waals surface area contributed by atoms with Crippen molar-refractivity contribution >= 4 is 21.6 Å². The number of ether oxygens (including phenoxy) is 1. The third-order valence-electron chi connectivity index (χ3n) is 3.37. The molecule has 2 aromatic heterocycles. The molecule has 0 aliphatic rings. The van der Waals surface area contributed by atoms with Crippen LogP contribution < -0.4 is 4.74 Å². The molecule has 0 atom stereocenters. The van der Waals surface area contributed by atoms with Crippen LogP contribution in [0.25, 0.3) is 16.9 Å². The molecule has 0 bridgehead atoms. The molecule has 0 spiro atoms. The van der Waals surface area contributed by atoms with Crippen molar-refractivity contribution in [3.05, 3.63) is 52.3 Å². The van der Waals surface area contributed by atoms with E-state index in [4.69, 9.17) is 9.72 Å². The summed E-state index contributed by atoms with van der Waals surface area (Å²) in [4.78, 5) is 4.70. The molecular weight excluding hydrogens is 316 g/mol. The number of methoxy groups -OCH3 is 1. The van der Waals surface area contributed by atoms with Crippen LogP contribution in [0.3, 0.4) is 0 Å².